The molecule has 3 nitrogen and oxygen atoms in total. The van der Waals surface area contributed by atoms with E-state index in [1.165, 1.54) is 58.7 Å². The van der Waals surface area contributed by atoms with Crippen LogP contribution in [0.15, 0.2) is 140 Å². The van der Waals surface area contributed by atoms with Gasteiger partial charge in [-0.2, -0.15) is 0 Å². The Morgan fingerprint density at radius 2 is 1.28 bits per heavy atom. The van der Waals surface area contributed by atoms with E-state index in [-0.39, 0.29) is 5.41 Å². The summed E-state index contributed by atoms with van der Waals surface area (Å²) in [5, 5.41) is 5.15. The Labute approximate surface area is 276 Å². The van der Waals surface area contributed by atoms with Gasteiger partial charge in [0.15, 0.2) is 5.82 Å². The fourth-order valence-corrected chi connectivity index (χ4v) is 9.00. The third-order valence-corrected chi connectivity index (χ3v) is 11.2. The van der Waals surface area contributed by atoms with E-state index in [2.05, 4.69) is 146 Å². The molecule has 3 heterocycles. The highest BCUT2D eigenvalue weighted by atomic mass is 32.1. The molecule has 1 aliphatic rings. The van der Waals surface area contributed by atoms with Gasteiger partial charge in [0.2, 0.25) is 0 Å². The van der Waals surface area contributed by atoms with Gasteiger partial charge in [-0.1, -0.05) is 123 Å². The lowest BCUT2D eigenvalue weighted by Gasteiger charge is -2.21. The fourth-order valence-electron chi connectivity index (χ4n) is 7.75. The first kappa shape index (κ1) is 26.6. The van der Waals surface area contributed by atoms with Crippen molar-refractivity contribution in [3.8, 4) is 39.6 Å². The van der Waals surface area contributed by atoms with Crippen LogP contribution >= 0.6 is 11.3 Å². The number of fused-ring (bicyclic) bond motifs is 10. The van der Waals surface area contributed by atoms with Crippen LogP contribution in [0.25, 0.3) is 81.6 Å². The van der Waals surface area contributed by atoms with Crippen molar-refractivity contribution in [1.29, 1.82) is 0 Å². The third-order valence-electron chi connectivity index (χ3n) is 10.0. The Bertz CT molecular complexity index is 2640. The van der Waals surface area contributed by atoms with E-state index < -0.39 is 0 Å². The van der Waals surface area contributed by atoms with E-state index in [1.807, 2.05) is 23.5 Å². The van der Waals surface area contributed by atoms with Gasteiger partial charge in [0, 0.05) is 53.6 Å². The molecule has 47 heavy (non-hydrogen) atoms. The van der Waals surface area contributed by atoms with Crippen molar-refractivity contribution in [2.45, 2.75) is 19.3 Å². The van der Waals surface area contributed by atoms with Crippen molar-refractivity contribution >= 4 is 53.3 Å². The highest BCUT2D eigenvalue weighted by molar-refractivity contribution is 7.26. The fraction of sp³-hybridized carbons (Fsp3) is 0.0698. The van der Waals surface area contributed by atoms with Gasteiger partial charge >= 0.3 is 0 Å². The van der Waals surface area contributed by atoms with Gasteiger partial charge in [-0.05, 0) is 46.5 Å². The van der Waals surface area contributed by atoms with E-state index in [4.69, 9.17) is 9.97 Å². The second kappa shape index (κ2) is 9.71. The predicted octanol–water partition coefficient (Wildman–Crippen LogP) is 11.6. The lowest BCUT2D eigenvalue weighted by molar-refractivity contribution is 0.661. The molecule has 1 aliphatic carbocycles. The van der Waals surface area contributed by atoms with Crippen molar-refractivity contribution < 1.29 is 0 Å². The van der Waals surface area contributed by atoms with Gasteiger partial charge < -0.3 is 0 Å². The van der Waals surface area contributed by atoms with Gasteiger partial charge in [-0.25, -0.2) is 9.97 Å². The molecule has 0 radical (unpaired) electrons. The van der Waals surface area contributed by atoms with Crippen LogP contribution in [-0.4, -0.2) is 14.5 Å². The number of hydrogen-bond donors (Lipinski definition) is 0. The molecule has 0 atom stereocenters. The van der Waals surface area contributed by atoms with Gasteiger partial charge in [0.05, 0.1) is 16.7 Å². The molecule has 0 saturated carbocycles. The molecule has 0 saturated heterocycles. The smallest absolute Gasteiger partial charge is 0.162 e. The van der Waals surface area contributed by atoms with Crippen molar-refractivity contribution in [2.75, 3.05) is 0 Å². The molecular weight excluding hydrogens is 591 g/mol. The summed E-state index contributed by atoms with van der Waals surface area (Å²) in [4.78, 5) is 10.4. The number of rotatable bonds is 3. The number of thiophene rings is 1. The zero-order valence-electron chi connectivity index (χ0n) is 26.0. The molecule has 0 unspecified atom stereocenters. The summed E-state index contributed by atoms with van der Waals surface area (Å²) >= 11 is 1.89. The minimum atomic E-state index is -0.121. The normalized spacial score (nSPS) is 13.5. The van der Waals surface area contributed by atoms with Crippen LogP contribution in [0.3, 0.4) is 0 Å². The summed E-state index contributed by atoms with van der Waals surface area (Å²) in [5.74, 6) is 1.58. The first-order chi connectivity index (χ1) is 23.1. The summed E-state index contributed by atoms with van der Waals surface area (Å²) in [7, 11) is 0. The molecule has 0 amide bonds. The van der Waals surface area contributed by atoms with Gasteiger partial charge in [-0.3, -0.25) is 4.57 Å². The quantitative estimate of drug-likeness (QED) is 0.197. The molecule has 9 aromatic rings. The second-order valence-corrected chi connectivity index (χ2v) is 14.1. The molecule has 4 heteroatoms. The SMILES string of the molecule is CC1(C)c2ccccc2-c2cc3c4c5sc6ccccc6c5ccc4n(-c4cc(-c5ccccc5)nc(-c5ccccc5)n4)c3cc21. The molecule has 0 N–H and O–H groups in total. The summed E-state index contributed by atoms with van der Waals surface area (Å²) in [6, 6.07) is 50.1. The lowest BCUT2D eigenvalue weighted by atomic mass is 9.82. The summed E-state index contributed by atoms with van der Waals surface area (Å²) in [6.07, 6.45) is 0. The number of hydrogen-bond acceptors (Lipinski definition) is 3. The molecular formula is C43H29N3S. The van der Waals surface area contributed by atoms with Crippen molar-refractivity contribution in [2.24, 2.45) is 0 Å². The first-order valence-corrected chi connectivity index (χ1v) is 16.9. The van der Waals surface area contributed by atoms with Crippen LogP contribution in [0.2, 0.25) is 0 Å². The monoisotopic (exact) mass is 619 g/mol. The highest BCUT2D eigenvalue weighted by Gasteiger charge is 2.36. The summed E-state index contributed by atoms with van der Waals surface area (Å²) < 4.78 is 5.01. The average Bonchev–Trinajstić information content (AvgIpc) is 3.73. The van der Waals surface area contributed by atoms with Crippen LogP contribution in [0, 0.1) is 0 Å². The standard InChI is InChI=1S/C43H29N3S/c1-43(2)33-19-11-9-17-28(33)31-23-32-37(24-34(31)43)46(36-22-21-30-29-18-10-12-20-38(29)47-41(30)40(32)36)39-25-35(26-13-5-3-6-14-26)44-42(45-39)27-15-7-4-8-16-27/h3-25H,1-2H3. The van der Waals surface area contributed by atoms with E-state index in [0.717, 1.165) is 28.2 Å². The molecule has 222 valence electrons. The van der Waals surface area contributed by atoms with Crippen LogP contribution in [-0.2, 0) is 5.41 Å². The molecule has 10 rings (SSSR count). The molecule has 6 aromatic carbocycles. The summed E-state index contributed by atoms with van der Waals surface area (Å²) in [6.45, 7) is 4.71. The molecule has 0 spiro atoms. The van der Waals surface area contributed by atoms with E-state index in [1.54, 1.807) is 0 Å². The Kier molecular flexibility index (Phi) is 5.50. The molecule has 0 fully saturated rings. The van der Waals surface area contributed by atoms with Crippen molar-refractivity contribution in [3.05, 3.63) is 151 Å². The lowest BCUT2D eigenvalue weighted by Crippen LogP contribution is -2.15. The zero-order valence-corrected chi connectivity index (χ0v) is 26.8. The van der Waals surface area contributed by atoms with Crippen LogP contribution < -0.4 is 0 Å². The van der Waals surface area contributed by atoms with E-state index >= 15 is 0 Å². The van der Waals surface area contributed by atoms with Crippen molar-refractivity contribution in [1.82, 2.24) is 14.5 Å². The minimum Gasteiger partial charge on any atom is -0.294 e. The summed E-state index contributed by atoms with van der Waals surface area (Å²) in [5.41, 5.74) is 10.6. The number of aromatic nitrogens is 3. The topological polar surface area (TPSA) is 30.7 Å². The van der Waals surface area contributed by atoms with Gasteiger partial charge in [0.1, 0.15) is 5.82 Å². The van der Waals surface area contributed by atoms with E-state index in [9.17, 15) is 0 Å². The first-order valence-electron chi connectivity index (χ1n) is 16.1. The predicted molar refractivity (Wildman–Crippen MR) is 198 cm³/mol. The Morgan fingerprint density at radius 3 is 2.11 bits per heavy atom. The Morgan fingerprint density at radius 1 is 0.553 bits per heavy atom. The third kappa shape index (κ3) is 3.79. The number of nitrogens with zero attached hydrogens (tertiary/aromatic N) is 3. The highest BCUT2D eigenvalue weighted by Crippen LogP contribution is 2.52. The van der Waals surface area contributed by atoms with E-state index in [0.29, 0.717) is 5.82 Å². The second-order valence-electron chi connectivity index (χ2n) is 13.0. The largest absolute Gasteiger partial charge is 0.294 e. The maximum Gasteiger partial charge on any atom is 0.162 e. The Hall–Kier alpha value is -5.58. The maximum atomic E-state index is 5.32. The molecule has 3 aromatic heterocycles. The van der Waals surface area contributed by atoms with Crippen LogP contribution in [0.5, 0.6) is 0 Å². The van der Waals surface area contributed by atoms with Gasteiger partial charge in [-0.15, -0.1) is 11.3 Å². The van der Waals surface area contributed by atoms with Gasteiger partial charge in [0.25, 0.3) is 0 Å². The van der Waals surface area contributed by atoms with Crippen molar-refractivity contribution in [3.63, 3.8) is 0 Å². The van der Waals surface area contributed by atoms with Crippen LogP contribution in [0.4, 0.5) is 0 Å². The molecule has 0 aliphatic heterocycles. The average molecular weight is 620 g/mol. The molecule has 0 bridgehead atoms. The number of benzene rings is 6. The minimum absolute atomic E-state index is 0.121. The zero-order chi connectivity index (χ0) is 31.3. The van der Waals surface area contributed by atoms with Crippen LogP contribution in [0.1, 0.15) is 25.0 Å². The Balaban J connectivity index is 1.36. The maximum absolute atomic E-state index is 5.32.